The molecule has 102 valence electrons. The fourth-order valence-corrected chi connectivity index (χ4v) is 2.80. The maximum atomic E-state index is 5.55. The SMILES string of the molecule is COc1c(C)cc(-c2nc(CCN)[nH]c2Br)cc1C. The summed E-state index contributed by atoms with van der Waals surface area (Å²) in [5, 5.41) is 0. The molecular weight excluding hydrogens is 306 g/mol. The smallest absolute Gasteiger partial charge is 0.124 e. The van der Waals surface area contributed by atoms with Gasteiger partial charge in [0.25, 0.3) is 0 Å². The first-order valence-electron chi connectivity index (χ1n) is 6.17. The Bertz CT molecular complexity index is 569. The molecular formula is C14H18BrN3O. The predicted molar refractivity (Wildman–Crippen MR) is 80.5 cm³/mol. The van der Waals surface area contributed by atoms with Gasteiger partial charge in [0.1, 0.15) is 21.9 Å². The Hall–Kier alpha value is -1.33. The molecule has 2 rings (SSSR count). The molecule has 3 N–H and O–H groups in total. The molecule has 19 heavy (non-hydrogen) atoms. The average Bonchev–Trinajstić information content (AvgIpc) is 2.70. The predicted octanol–water partition coefficient (Wildman–Crippen LogP) is 2.97. The molecule has 0 spiro atoms. The van der Waals surface area contributed by atoms with Crippen LogP contribution in [0.1, 0.15) is 17.0 Å². The molecule has 0 amide bonds. The molecule has 0 fully saturated rings. The Morgan fingerprint density at radius 1 is 1.32 bits per heavy atom. The van der Waals surface area contributed by atoms with Crippen molar-refractivity contribution in [2.45, 2.75) is 20.3 Å². The van der Waals surface area contributed by atoms with E-state index >= 15 is 0 Å². The van der Waals surface area contributed by atoms with E-state index in [4.69, 9.17) is 10.5 Å². The van der Waals surface area contributed by atoms with Gasteiger partial charge in [-0.05, 0) is 59.6 Å². The molecule has 5 heteroatoms. The number of hydrogen-bond donors (Lipinski definition) is 2. The summed E-state index contributed by atoms with van der Waals surface area (Å²) in [6.45, 7) is 4.66. The van der Waals surface area contributed by atoms with Crippen LogP contribution < -0.4 is 10.5 Å². The van der Waals surface area contributed by atoms with E-state index in [2.05, 4.69) is 38.0 Å². The van der Waals surface area contributed by atoms with Gasteiger partial charge < -0.3 is 15.5 Å². The zero-order valence-electron chi connectivity index (χ0n) is 11.4. The lowest BCUT2D eigenvalue weighted by molar-refractivity contribution is 0.408. The van der Waals surface area contributed by atoms with Gasteiger partial charge in [-0.15, -0.1) is 0 Å². The van der Waals surface area contributed by atoms with Gasteiger partial charge in [0.2, 0.25) is 0 Å². The van der Waals surface area contributed by atoms with Crippen molar-refractivity contribution in [1.29, 1.82) is 0 Å². The number of H-pyrrole nitrogens is 1. The molecule has 0 aliphatic heterocycles. The van der Waals surface area contributed by atoms with Crippen LogP contribution in [0.15, 0.2) is 16.7 Å². The van der Waals surface area contributed by atoms with Crippen LogP contribution in [-0.2, 0) is 6.42 Å². The van der Waals surface area contributed by atoms with Crippen molar-refractivity contribution in [3.8, 4) is 17.0 Å². The van der Waals surface area contributed by atoms with Crippen molar-refractivity contribution in [2.75, 3.05) is 13.7 Å². The number of aromatic nitrogens is 2. The van der Waals surface area contributed by atoms with E-state index in [9.17, 15) is 0 Å². The highest BCUT2D eigenvalue weighted by Gasteiger charge is 2.13. The number of halogens is 1. The second-order valence-electron chi connectivity index (χ2n) is 4.53. The second kappa shape index (κ2) is 5.75. The van der Waals surface area contributed by atoms with Crippen molar-refractivity contribution in [2.24, 2.45) is 5.73 Å². The molecule has 2 aromatic rings. The minimum Gasteiger partial charge on any atom is -0.496 e. The van der Waals surface area contributed by atoms with Gasteiger partial charge in [0.15, 0.2) is 0 Å². The highest BCUT2D eigenvalue weighted by atomic mass is 79.9. The van der Waals surface area contributed by atoms with Crippen LogP contribution in [0.25, 0.3) is 11.3 Å². The summed E-state index contributed by atoms with van der Waals surface area (Å²) < 4.78 is 6.27. The summed E-state index contributed by atoms with van der Waals surface area (Å²) in [7, 11) is 1.69. The fraction of sp³-hybridized carbons (Fsp3) is 0.357. The Morgan fingerprint density at radius 2 is 1.95 bits per heavy atom. The lowest BCUT2D eigenvalue weighted by Gasteiger charge is -2.10. The van der Waals surface area contributed by atoms with E-state index in [-0.39, 0.29) is 0 Å². The van der Waals surface area contributed by atoms with Gasteiger partial charge in [0, 0.05) is 12.0 Å². The molecule has 0 radical (unpaired) electrons. The molecule has 0 atom stereocenters. The van der Waals surface area contributed by atoms with E-state index in [0.29, 0.717) is 6.54 Å². The van der Waals surface area contributed by atoms with E-state index in [1.54, 1.807) is 7.11 Å². The lowest BCUT2D eigenvalue weighted by atomic mass is 10.0. The summed E-state index contributed by atoms with van der Waals surface area (Å²) in [4.78, 5) is 7.79. The van der Waals surface area contributed by atoms with Crippen LogP contribution in [0.2, 0.25) is 0 Å². The van der Waals surface area contributed by atoms with Crippen molar-refractivity contribution in [3.05, 3.63) is 33.7 Å². The molecule has 1 aromatic carbocycles. The zero-order valence-corrected chi connectivity index (χ0v) is 13.0. The van der Waals surface area contributed by atoms with Crippen molar-refractivity contribution in [3.63, 3.8) is 0 Å². The number of aromatic amines is 1. The molecule has 1 aromatic heterocycles. The highest BCUT2D eigenvalue weighted by molar-refractivity contribution is 9.10. The number of hydrogen-bond acceptors (Lipinski definition) is 3. The third kappa shape index (κ3) is 2.82. The zero-order chi connectivity index (χ0) is 14.0. The van der Waals surface area contributed by atoms with Gasteiger partial charge in [-0.3, -0.25) is 0 Å². The van der Waals surface area contributed by atoms with E-state index in [1.807, 2.05) is 13.8 Å². The van der Waals surface area contributed by atoms with E-state index < -0.39 is 0 Å². The Labute approximate surface area is 121 Å². The molecule has 0 bridgehead atoms. The summed E-state index contributed by atoms with van der Waals surface area (Å²) in [5.74, 6) is 1.83. The first kappa shape index (κ1) is 14.1. The standard InChI is InChI=1S/C14H18BrN3O/c1-8-6-10(7-9(2)13(8)19-3)12-14(15)18-11(17-12)4-5-16/h6-7H,4-5,16H2,1-3H3,(H,17,18). The number of nitrogens with two attached hydrogens (primary N) is 1. The number of aryl methyl sites for hydroxylation is 2. The van der Waals surface area contributed by atoms with Crippen LogP contribution in [0, 0.1) is 13.8 Å². The van der Waals surface area contributed by atoms with Crippen LogP contribution in [-0.4, -0.2) is 23.6 Å². The summed E-state index contributed by atoms with van der Waals surface area (Å²) in [6.07, 6.45) is 0.743. The summed E-state index contributed by atoms with van der Waals surface area (Å²) in [6, 6.07) is 4.16. The van der Waals surface area contributed by atoms with Gasteiger partial charge in [-0.1, -0.05) is 0 Å². The number of imidazole rings is 1. The van der Waals surface area contributed by atoms with Crippen LogP contribution >= 0.6 is 15.9 Å². The third-order valence-electron chi connectivity index (χ3n) is 3.03. The minimum atomic E-state index is 0.583. The number of rotatable bonds is 4. The number of ether oxygens (including phenoxy) is 1. The molecule has 0 aliphatic carbocycles. The number of methoxy groups -OCH3 is 1. The van der Waals surface area contributed by atoms with Gasteiger partial charge >= 0.3 is 0 Å². The van der Waals surface area contributed by atoms with Gasteiger partial charge in [0.05, 0.1) is 7.11 Å². The fourth-order valence-electron chi connectivity index (χ4n) is 2.25. The molecule has 0 saturated heterocycles. The Morgan fingerprint density at radius 3 is 2.47 bits per heavy atom. The van der Waals surface area contributed by atoms with Gasteiger partial charge in [-0.25, -0.2) is 4.98 Å². The first-order valence-corrected chi connectivity index (χ1v) is 6.96. The molecule has 4 nitrogen and oxygen atoms in total. The Kier molecular flexibility index (Phi) is 4.27. The van der Waals surface area contributed by atoms with Crippen molar-refractivity contribution in [1.82, 2.24) is 9.97 Å². The van der Waals surface area contributed by atoms with Crippen LogP contribution in [0.3, 0.4) is 0 Å². The first-order chi connectivity index (χ1) is 9.06. The largest absolute Gasteiger partial charge is 0.496 e. The maximum absolute atomic E-state index is 5.55. The monoisotopic (exact) mass is 323 g/mol. The number of nitrogens with zero attached hydrogens (tertiary/aromatic N) is 1. The summed E-state index contributed by atoms with van der Waals surface area (Å²) >= 11 is 3.52. The van der Waals surface area contributed by atoms with Crippen molar-refractivity contribution < 1.29 is 4.74 Å². The molecule has 0 unspecified atom stereocenters. The van der Waals surface area contributed by atoms with Crippen molar-refractivity contribution >= 4 is 15.9 Å². The van der Waals surface area contributed by atoms with E-state index in [1.165, 1.54) is 0 Å². The van der Waals surface area contributed by atoms with Crippen LogP contribution in [0.5, 0.6) is 5.75 Å². The van der Waals surface area contributed by atoms with E-state index in [0.717, 1.165) is 45.0 Å². The molecule has 0 aliphatic rings. The normalized spacial score (nSPS) is 10.8. The highest BCUT2D eigenvalue weighted by Crippen LogP contribution is 2.32. The van der Waals surface area contributed by atoms with Crippen LogP contribution in [0.4, 0.5) is 0 Å². The third-order valence-corrected chi connectivity index (χ3v) is 3.60. The topological polar surface area (TPSA) is 63.9 Å². The second-order valence-corrected chi connectivity index (χ2v) is 5.32. The molecule has 0 saturated carbocycles. The number of benzene rings is 1. The minimum absolute atomic E-state index is 0.583. The van der Waals surface area contributed by atoms with Gasteiger partial charge in [-0.2, -0.15) is 0 Å². The average molecular weight is 324 g/mol. The maximum Gasteiger partial charge on any atom is 0.124 e. The lowest BCUT2D eigenvalue weighted by Crippen LogP contribution is -2.03. The quantitative estimate of drug-likeness (QED) is 0.909. The number of nitrogens with one attached hydrogen (secondary N) is 1. The summed E-state index contributed by atoms with van der Waals surface area (Å²) in [5.41, 5.74) is 9.75. The Balaban J connectivity index is 2.47. The molecule has 1 heterocycles.